The Morgan fingerprint density at radius 1 is 1.15 bits per heavy atom. The minimum atomic E-state index is -0.402. The highest BCUT2D eigenvalue weighted by Gasteiger charge is 2.34. The van der Waals surface area contributed by atoms with Gasteiger partial charge in [-0.2, -0.15) is 0 Å². The van der Waals surface area contributed by atoms with Crippen molar-refractivity contribution in [1.29, 1.82) is 0 Å². The lowest BCUT2D eigenvalue weighted by Crippen LogP contribution is -2.47. The van der Waals surface area contributed by atoms with Crippen molar-refractivity contribution >= 4 is 29.3 Å². The topological polar surface area (TPSA) is 58.6 Å². The molecule has 0 spiro atoms. The van der Waals surface area contributed by atoms with Gasteiger partial charge in [-0.25, -0.2) is 0 Å². The van der Waals surface area contributed by atoms with Crippen molar-refractivity contribution in [3.05, 3.63) is 60.2 Å². The lowest BCUT2D eigenvalue weighted by atomic mass is 10.1. The summed E-state index contributed by atoms with van der Waals surface area (Å²) in [5.74, 6) is -0.105. The molecule has 2 aromatic carbocycles. The highest BCUT2D eigenvalue weighted by Crippen LogP contribution is 2.37. The molecule has 1 saturated heterocycles. The molecule has 0 unspecified atom stereocenters. The van der Waals surface area contributed by atoms with Gasteiger partial charge < -0.3 is 15.0 Å². The molecule has 5 nitrogen and oxygen atoms in total. The van der Waals surface area contributed by atoms with E-state index in [0.717, 1.165) is 16.1 Å². The van der Waals surface area contributed by atoms with Crippen LogP contribution in [0.2, 0.25) is 0 Å². The number of benzene rings is 2. The Balaban J connectivity index is 1.44. The van der Waals surface area contributed by atoms with Crippen LogP contribution in [0.5, 0.6) is 0 Å². The molecule has 2 aliphatic heterocycles. The molecule has 0 aromatic heterocycles. The standard InChI is InChI=1S/C21H22N2O3S/c1-14-12-23(13-17(26-14)15-7-3-2-4-8-15)20(24)11-19-21(25)22-16-9-5-6-10-18(16)27-19/h2-10,14,17,19H,11-13H2,1H3,(H,22,25)/t14-,17+,19+/m1/s1. The SMILES string of the molecule is C[C@@H]1CN(C(=O)C[C@@H]2Sc3ccccc3NC2=O)C[C@@H](c2ccccc2)O1. The van der Waals surface area contributed by atoms with E-state index in [4.69, 9.17) is 4.74 Å². The van der Waals surface area contributed by atoms with Crippen molar-refractivity contribution in [1.82, 2.24) is 4.90 Å². The van der Waals surface area contributed by atoms with E-state index in [0.29, 0.717) is 13.1 Å². The maximum absolute atomic E-state index is 12.9. The zero-order valence-electron chi connectivity index (χ0n) is 15.1. The van der Waals surface area contributed by atoms with Crippen LogP contribution < -0.4 is 5.32 Å². The summed E-state index contributed by atoms with van der Waals surface area (Å²) in [6.45, 7) is 3.05. The van der Waals surface area contributed by atoms with Crippen molar-refractivity contribution in [2.45, 2.75) is 35.7 Å². The Labute approximate surface area is 163 Å². The van der Waals surface area contributed by atoms with Crippen molar-refractivity contribution in [2.24, 2.45) is 0 Å². The molecule has 0 saturated carbocycles. The van der Waals surface area contributed by atoms with E-state index in [2.05, 4.69) is 5.32 Å². The van der Waals surface area contributed by atoms with Crippen LogP contribution in [0, 0.1) is 0 Å². The summed E-state index contributed by atoms with van der Waals surface area (Å²) in [6, 6.07) is 17.6. The van der Waals surface area contributed by atoms with Crippen molar-refractivity contribution in [2.75, 3.05) is 18.4 Å². The molecule has 3 atom stereocenters. The molecule has 0 radical (unpaired) electrons. The number of carbonyl (C=O) groups is 2. The number of nitrogens with zero attached hydrogens (tertiary/aromatic N) is 1. The lowest BCUT2D eigenvalue weighted by Gasteiger charge is -2.37. The molecule has 2 aromatic rings. The van der Waals surface area contributed by atoms with Gasteiger partial charge in [-0.05, 0) is 24.6 Å². The Morgan fingerprint density at radius 2 is 1.89 bits per heavy atom. The second-order valence-corrected chi connectivity index (χ2v) is 8.19. The quantitative estimate of drug-likeness (QED) is 0.883. The van der Waals surface area contributed by atoms with Gasteiger partial charge in [-0.3, -0.25) is 9.59 Å². The summed E-state index contributed by atoms with van der Waals surface area (Å²) >= 11 is 1.46. The first-order valence-electron chi connectivity index (χ1n) is 9.15. The summed E-state index contributed by atoms with van der Waals surface area (Å²) in [5.41, 5.74) is 1.89. The van der Waals surface area contributed by atoms with Gasteiger partial charge in [0.25, 0.3) is 0 Å². The fraction of sp³-hybridized carbons (Fsp3) is 0.333. The van der Waals surface area contributed by atoms with Crippen LogP contribution in [0.25, 0.3) is 0 Å². The Hall–Kier alpha value is -2.31. The monoisotopic (exact) mass is 382 g/mol. The van der Waals surface area contributed by atoms with Crippen molar-refractivity contribution in [3.63, 3.8) is 0 Å². The first-order chi connectivity index (χ1) is 13.1. The van der Waals surface area contributed by atoms with Crippen molar-refractivity contribution in [3.8, 4) is 0 Å². The van der Waals surface area contributed by atoms with Gasteiger partial charge in [0.1, 0.15) is 6.10 Å². The number of ether oxygens (including phenoxy) is 1. The number of hydrogen-bond donors (Lipinski definition) is 1. The van der Waals surface area contributed by atoms with Crippen LogP contribution in [-0.2, 0) is 14.3 Å². The van der Waals surface area contributed by atoms with E-state index in [9.17, 15) is 9.59 Å². The Bertz CT molecular complexity index is 842. The van der Waals surface area contributed by atoms with Gasteiger partial charge in [0, 0.05) is 17.9 Å². The van der Waals surface area contributed by atoms with E-state index in [1.807, 2.05) is 66.4 Å². The average Bonchev–Trinajstić information content (AvgIpc) is 2.68. The normalized spacial score (nSPS) is 24.9. The van der Waals surface area contributed by atoms with Crippen LogP contribution >= 0.6 is 11.8 Å². The zero-order chi connectivity index (χ0) is 18.8. The number of nitrogens with one attached hydrogen (secondary N) is 1. The van der Waals surface area contributed by atoms with E-state index in [1.54, 1.807) is 0 Å². The third-order valence-electron chi connectivity index (χ3n) is 4.85. The fourth-order valence-electron chi connectivity index (χ4n) is 3.52. The summed E-state index contributed by atoms with van der Waals surface area (Å²) < 4.78 is 6.03. The van der Waals surface area contributed by atoms with Crippen LogP contribution in [-0.4, -0.2) is 41.2 Å². The van der Waals surface area contributed by atoms with Gasteiger partial charge in [-0.1, -0.05) is 42.5 Å². The molecule has 2 heterocycles. The maximum atomic E-state index is 12.9. The smallest absolute Gasteiger partial charge is 0.238 e. The first kappa shape index (κ1) is 18.1. The third kappa shape index (κ3) is 4.01. The van der Waals surface area contributed by atoms with E-state index < -0.39 is 5.25 Å². The number of hydrogen-bond acceptors (Lipinski definition) is 4. The minimum Gasteiger partial charge on any atom is -0.367 e. The third-order valence-corrected chi connectivity index (χ3v) is 6.13. The maximum Gasteiger partial charge on any atom is 0.238 e. The number of carbonyl (C=O) groups excluding carboxylic acids is 2. The van der Waals surface area contributed by atoms with Crippen LogP contribution in [0.3, 0.4) is 0 Å². The van der Waals surface area contributed by atoms with Gasteiger partial charge in [0.2, 0.25) is 11.8 Å². The van der Waals surface area contributed by atoms with Crippen LogP contribution in [0.15, 0.2) is 59.5 Å². The summed E-state index contributed by atoms with van der Waals surface area (Å²) in [6.07, 6.45) is 0.0212. The second kappa shape index (κ2) is 7.74. The molecule has 1 fully saturated rings. The fourth-order valence-corrected chi connectivity index (χ4v) is 4.62. The van der Waals surface area contributed by atoms with Gasteiger partial charge >= 0.3 is 0 Å². The summed E-state index contributed by atoms with van der Waals surface area (Å²) in [7, 11) is 0. The molecule has 6 heteroatoms. The van der Waals surface area contributed by atoms with Crippen LogP contribution in [0.1, 0.15) is 25.0 Å². The Morgan fingerprint density at radius 3 is 2.70 bits per heavy atom. The van der Waals surface area contributed by atoms with Gasteiger partial charge in [-0.15, -0.1) is 11.8 Å². The number of para-hydroxylation sites is 1. The van der Waals surface area contributed by atoms with Crippen LogP contribution in [0.4, 0.5) is 5.69 Å². The van der Waals surface area contributed by atoms with E-state index >= 15 is 0 Å². The summed E-state index contributed by atoms with van der Waals surface area (Å²) in [5, 5.41) is 2.50. The number of anilines is 1. The Kier molecular flexibility index (Phi) is 5.18. The number of fused-ring (bicyclic) bond motifs is 1. The predicted octanol–water partition coefficient (Wildman–Crippen LogP) is 3.48. The highest BCUT2D eigenvalue weighted by molar-refractivity contribution is 8.01. The molecular formula is C21H22N2O3S. The van der Waals surface area contributed by atoms with E-state index in [1.165, 1.54) is 11.8 Å². The highest BCUT2D eigenvalue weighted by atomic mass is 32.2. The molecular weight excluding hydrogens is 360 g/mol. The largest absolute Gasteiger partial charge is 0.367 e. The minimum absolute atomic E-state index is 0.00175. The first-order valence-corrected chi connectivity index (χ1v) is 10.0. The summed E-state index contributed by atoms with van der Waals surface area (Å²) in [4.78, 5) is 28.2. The molecule has 2 amide bonds. The number of rotatable bonds is 3. The molecule has 0 bridgehead atoms. The van der Waals surface area contributed by atoms with Gasteiger partial charge in [0.05, 0.1) is 23.6 Å². The zero-order valence-corrected chi connectivity index (χ0v) is 15.9. The predicted molar refractivity (Wildman–Crippen MR) is 106 cm³/mol. The van der Waals surface area contributed by atoms with E-state index in [-0.39, 0.29) is 30.4 Å². The number of amides is 2. The van der Waals surface area contributed by atoms with Crippen molar-refractivity contribution < 1.29 is 14.3 Å². The average molecular weight is 382 g/mol. The molecule has 140 valence electrons. The molecule has 27 heavy (non-hydrogen) atoms. The molecule has 1 N–H and O–H groups in total. The lowest BCUT2D eigenvalue weighted by molar-refractivity contribution is -0.145. The molecule has 0 aliphatic carbocycles. The second-order valence-electron chi connectivity index (χ2n) is 6.94. The number of thioether (sulfide) groups is 1. The molecule has 4 rings (SSSR count). The molecule has 2 aliphatic rings. The number of morpholine rings is 1. The van der Waals surface area contributed by atoms with Gasteiger partial charge in [0.15, 0.2) is 0 Å².